The molecule has 0 aromatic heterocycles. The van der Waals surface area contributed by atoms with Gasteiger partial charge in [0, 0.05) is 38.0 Å². The van der Waals surface area contributed by atoms with Gasteiger partial charge in [0.2, 0.25) is 21.8 Å². The van der Waals surface area contributed by atoms with Gasteiger partial charge in [-0.15, -0.1) is 0 Å². The lowest BCUT2D eigenvalue weighted by Gasteiger charge is -2.34. The Kier molecular flexibility index (Phi) is 7.53. The zero-order chi connectivity index (χ0) is 24.1. The van der Waals surface area contributed by atoms with Crippen LogP contribution < -0.4 is 16.0 Å². The third-order valence-corrected chi connectivity index (χ3v) is 8.66. The predicted molar refractivity (Wildman–Crippen MR) is 133 cm³/mol. The van der Waals surface area contributed by atoms with E-state index in [1.807, 2.05) is 54.6 Å². The van der Waals surface area contributed by atoms with Gasteiger partial charge in [0.1, 0.15) is 0 Å². The van der Waals surface area contributed by atoms with Crippen molar-refractivity contribution in [3.8, 4) is 0 Å². The molecule has 0 saturated carbocycles. The minimum atomic E-state index is -3.41. The van der Waals surface area contributed by atoms with Gasteiger partial charge in [-0.2, -0.15) is 0 Å². The molecule has 3 N–H and O–H groups in total. The van der Waals surface area contributed by atoms with E-state index in [1.165, 1.54) is 4.31 Å². The fourth-order valence-corrected chi connectivity index (χ4v) is 6.33. The molecule has 9 heteroatoms. The zero-order valence-electron chi connectivity index (χ0n) is 19.2. The number of amides is 2. The molecule has 2 aliphatic rings. The van der Waals surface area contributed by atoms with Crippen LogP contribution in [0.5, 0.6) is 0 Å². The summed E-state index contributed by atoms with van der Waals surface area (Å²) in [4.78, 5) is 26.7. The molecule has 0 spiro atoms. The minimum Gasteiger partial charge on any atom is -0.370 e. The van der Waals surface area contributed by atoms with E-state index in [-0.39, 0.29) is 29.4 Å². The Labute approximate surface area is 201 Å². The van der Waals surface area contributed by atoms with Crippen molar-refractivity contribution in [3.05, 3.63) is 60.2 Å². The largest absolute Gasteiger partial charge is 0.370 e. The summed E-state index contributed by atoms with van der Waals surface area (Å²) in [5.41, 5.74) is 7.88. The van der Waals surface area contributed by atoms with Crippen molar-refractivity contribution < 1.29 is 18.0 Å². The highest BCUT2D eigenvalue weighted by Crippen LogP contribution is 2.31. The Morgan fingerprint density at radius 3 is 2.09 bits per heavy atom. The first-order chi connectivity index (χ1) is 16.3. The fraction of sp³-hybridized carbons (Fsp3) is 0.440. The Morgan fingerprint density at radius 1 is 0.853 bits per heavy atom. The zero-order valence-corrected chi connectivity index (χ0v) is 20.0. The highest BCUT2D eigenvalue weighted by molar-refractivity contribution is 7.88. The van der Waals surface area contributed by atoms with Crippen LogP contribution in [0.25, 0.3) is 0 Å². The number of nitrogens with one attached hydrogen (secondary N) is 1. The number of nitrogens with zero attached hydrogens (tertiary/aromatic N) is 2. The minimum absolute atomic E-state index is 0.0233. The van der Waals surface area contributed by atoms with E-state index in [1.54, 1.807) is 0 Å². The second kappa shape index (κ2) is 10.6. The number of sulfonamides is 1. The van der Waals surface area contributed by atoms with Crippen LogP contribution in [-0.2, 0) is 25.4 Å². The van der Waals surface area contributed by atoms with Gasteiger partial charge in [0.25, 0.3) is 0 Å². The molecule has 2 saturated heterocycles. The topological polar surface area (TPSA) is 113 Å². The molecule has 2 amide bonds. The number of para-hydroxylation sites is 2. The molecule has 0 radical (unpaired) electrons. The van der Waals surface area contributed by atoms with E-state index < -0.39 is 10.0 Å². The van der Waals surface area contributed by atoms with Crippen LogP contribution in [0.3, 0.4) is 0 Å². The van der Waals surface area contributed by atoms with Crippen LogP contribution in [0.2, 0.25) is 0 Å². The highest BCUT2D eigenvalue weighted by atomic mass is 32.2. The van der Waals surface area contributed by atoms with Gasteiger partial charge in [0.05, 0.1) is 17.1 Å². The molecule has 2 aliphatic heterocycles. The predicted octanol–water partition coefficient (Wildman–Crippen LogP) is 2.57. The lowest BCUT2D eigenvalue weighted by molar-refractivity contribution is -0.122. The molecule has 2 aromatic carbocycles. The number of nitrogens with two attached hydrogens (primary N) is 1. The van der Waals surface area contributed by atoms with E-state index in [0.29, 0.717) is 51.9 Å². The van der Waals surface area contributed by atoms with Gasteiger partial charge in [0.15, 0.2) is 0 Å². The molecule has 0 aliphatic carbocycles. The van der Waals surface area contributed by atoms with Crippen molar-refractivity contribution in [2.75, 3.05) is 36.4 Å². The number of rotatable bonds is 7. The number of hydrogen-bond acceptors (Lipinski definition) is 5. The van der Waals surface area contributed by atoms with E-state index in [2.05, 4.69) is 10.2 Å². The Bertz CT molecular complexity index is 1110. The Balaban J connectivity index is 1.34. The van der Waals surface area contributed by atoms with E-state index in [9.17, 15) is 18.0 Å². The van der Waals surface area contributed by atoms with Gasteiger partial charge >= 0.3 is 0 Å². The molecule has 2 heterocycles. The SMILES string of the molecule is NC(=O)C1CCN(c2ccccc2NC(=O)C2CCN(S(=O)(=O)Cc3ccccc3)CC2)CC1. The van der Waals surface area contributed by atoms with Gasteiger partial charge in [-0.25, -0.2) is 12.7 Å². The number of carbonyl (C=O) groups excluding carboxylic acids is 2. The average molecular weight is 485 g/mol. The quantitative estimate of drug-likeness (QED) is 0.627. The van der Waals surface area contributed by atoms with E-state index >= 15 is 0 Å². The number of primary amides is 1. The summed E-state index contributed by atoms with van der Waals surface area (Å²) in [7, 11) is -3.41. The number of anilines is 2. The van der Waals surface area contributed by atoms with Crippen molar-refractivity contribution >= 4 is 33.2 Å². The molecule has 0 atom stereocenters. The fourth-order valence-electron chi connectivity index (χ4n) is 4.77. The van der Waals surface area contributed by atoms with Gasteiger partial charge in [-0.05, 0) is 43.4 Å². The first-order valence-corrected chi connectivity index (χ1v) is 13.4. The standard InChI is InChI=1S/C25H32N4O4S/c26-24(30)20-10-14-28(15-11-20)23-9-5-4-8-22(23)27-25(31)21-12-16-29(17-13-21)34(32,33)18-19-6-2-1-3-7-19/h1-9,20-21H,10-18H2,(H2,26,30)(H,27,31). The first-order valence-electron chi connectivity index (χ1n) is 11.8. The summed E-state index contributed by atoms with van der Waals surface area (Å²) in [6.07, 6.45) is 2.39. The second-order valence-corrected chi connectivity index (χ2v) is 11.1. The Morgan fingerprint density at radius 2 is 1.44 bits per heavy atom. The van der Waals surface area contributed by atoms with Crippen LogP contribution >= 0.6 is 0 Å². The monoisotopic (exact) mass is 484 g/mol. The van der Waals surface area contributed by atoms with Crippen LogP contribution in [0.4, 0.5) is 11.4 Å². The van der Waals surface area contributed by atoms with Gasteiger partial charge in [-0.1, -0.05) is 42.5 Å². The van der Waals surface area contributed by atoms with Gasteiger partial charge < -0.3 is 16.0 Å². The maximum Gasteiger partial charge on any atom is 0.227 e. The lowest BCUT2D eigenvalue weighted by Crippen LogP contribution is -2.42. The summed E-state index contributed by atoms with van der Waals surface area (Å²) in [6, 6.07) is 16.8. The molecule has 8 nitrogen and oxygen atoms in total. The molecule has 182 valence electrons. The summed E-state index contributed by atoms with van der Waals surface area (Å²) < 4.78 is 27.1. The summed E-state index contributed by atoms with van der Waals surface area (Å²) in [5.74, 6) is -0.694. The number of piperidine rings is 2. The third-order valence-electron chi connectivity index (χ3n) is 6.81. The summed E-state index contributed by atoms with van der Waals surface area (Å²) in [5, 5.41) is 3.06. The molecule has 2 aromatic rings. The number of hydrogen-bond donors (Lipinski definition) is 2. The van der Waals surface area contributed by atoms with Crippen LogP contribution in [-0.4, -0.2) is 50.7 Å². The van der Waals surface area contributed by atoms with Crippen molar-refractivity contribution in [3.63, 3.8) is 0 Å². The van der Waals surface area contributed by atoms with E-state index in [0.717, 1.165) is 16.9 Å². The van der Waals surface area contributed by atoms with E-state index in [4.69, 9.17) is 5.73 Å². The maximum absolute atomic E-state index is 13.0. The van der Waals surface area contributed by atoms with Gasteiger partial charge in [-0.3, -0.25) is 9.59 Å². The Hall–Kier alpha value is -2.91. The lowest BCUT2D eigenvalue weighted by atomic mass is 9.95. The van der Waals surface area contributed by atoms with Crippen LogP contribution in [0.1, 0.15) is 31.2 Å². The third kappa shape index (κ3) is 5.77. The second-order valence-electron chi connectivity index (χ2n) is 9.09. The average Bonchev–Trinajstić information content (AvgIpc) is 2.85. The van der Waals surface area contributed by atoms with Crippen LogP contribution in [0, 0.1) is 11.8 Å². The van der Waals surface area contributed by atoms with Crippen molar-refractivity contribution in [1.82, 2.24) is 4.31 Å². The smallest absolute Gasteiger partial charge is 0.227 e. The molecular weight excluding hydrogens is 452 g/mol. The molecule has 0 bridgehead atoms. The number of carbonyl (C=O) groups is 2. The van der Waals surface area contributed by atoms with Crippen LogP contribution in [0.15, 0.2) is 54.6 Å². The van der Waals surface area contributed by atoms with Crippen molar-refractivity contribution in [2.24, 2.45) is 17.6 Å². The molecule has 4 rings (SSSR count). The molecule has 34 heavy (non-hydrogen) atoms. The number of benzene rings is 2. The molecule has 0 unspecified atom stereocenters. The molecular formula is C25H32N4O4S. The van der Waals surface area contributed by atoms with Crippen molar-refractivity contribution in [2.45, 2.75) is 31.4 Å². The highest BCUT2D eigenvalue weighted by Gasteiger charge is 2.32. The van der Waals surface area contributed by atoms with Crippen molar-refractivity contribution in [1.29, 1.82) is 0 Å². The summed E-state index contributed by atoms with van der Waals surface area (Å²) in [6.45, 7) is 2.10. The molecule has 2 fully saturated rings. The maximum atomic E-state index is 13.0. The summed E-state index contributed by atoms with van der Waals surface area (Å²) >= 11 is 0. The normalized spacial score (nSPS) is 18.5. The first kappa shape index (κ1) is 24.2.